The second-order valence-corrected chi connectivity index (χ2v) is 3.35. The van der Waals surface area contributed by atoms with Crippen LogP contribution in [0.5, 0.6) is 0 Å². The highest BCUT2D eigenvalue weighted by molar-refractivity contribution is 8.93. The second-order valence-electron chi connectivity index (χ2n) is 3.35. The van der Waals surface area contributed by atoms with E-state index in [1.54, 1.807) is 11.2 Å². The van der Waals surface area contributed by atoms with E-state index >= 15 is 0 Å². The third-order valence-electron chi connectivity index (χ3n) is 2.08. The summed E-state index contributed by atoms with van der Waals surface area (Å²) in [5.74, 6) is 2.43. The Bertz CT molecular complexity index is 399. The molecule has 2 heterocycles. The van der Waals surface area contributed by atoms with Crippen molar-refractivity contribution in [2.24, 2.45) is 10.1 Å². The molecule has 0 unspecified atom stereocenters. The second kappa shape index (κ2) is 5.69. The highest BCUT2D eigenvalue weighted by Crippen LogP contribution is 2.03. The van der Waals surface area contributed by atoms with E-state index in [0.29, 0.717) is 0 Å². The lowest BCUT2D eigenvalue weighted by Crippen LogP contribution is -2.32. The molecule has 0 atom stereocenters. The lowest BCUT2D eigenvalue weighted by molar-refractivity contribution is 0.511. The first-order valence-electron chi connectivity index (χ1n) is 4.88. The predicted molar refractivity (Wildman–Crippen MR) is 69.4 cm³/mol. The summed E-state index contributed by atoms with van der Waals surface area (Å²) in [7, 11) is 1.85. The highest BCUT2D eigenvalue weighted by atomic mass is 79.9. The molecule has 0 aromatic carbocycles. The zero-order chi connectivity index (χ0) is 10.7. The number of hydrogen-bond acceptors (Lipinski definition) is 5. The summed E-state index contributed by atoms with van der Waals surface area (Å²) in [5.41, 5.74) is 0. The lowest BCUT2D eigenvalue weighted by atomic mass is 10.4. The smallest absolute Gasteiger partial charge is 0.214 e. The molecular weight excluding hydrogens is 272 g/mol. The molecule has 88 valence electrons. The molecular formula is C10H15BrN4O. The predicted octanol–water partition coefficient (Wildman–Crippen LogP) is 1.39. The molecule has 0 radical (unpaired) electrons. The fraction of sp³-hybridized carbons (Fsp3) is 0.400. The van der Waals surface area contributed by atoms with E-state index in [9.17, 15) is 0 Å². The Morgan fingerprint density at radius 1 is 1.56 bits per heavy atom. The van der Waals surface area contributed by atoms with Gasteiger partial charge in [0.1, 0.15) is 11.5 Å². The number of hydrazone groups is 1. The van der Waals surface area contributed by atoms with Crippen molar-refractivity contribution in [3.63, 3.8) is 0 Å². The van der Waals surface area contributed by atoms with Gasteiger partial charge in [0.25, 0.3) is 0 Å². The fourth-order valence-electron chi connectivity index (χ4n) is 1.32. The van der Waals surface area contributed by atoms with Crippen molar-refractivity contribution in [2.45, 2.75) is 6.92 Å². The Kier molecular flexibility index (Phi) is 4.54. The normalized spacial score (nSPS) is 14.5. The minimum Gasteiger partial charge on any atom is -0.460 e. The Hall–Kier alpha value is -1.30. The molecule has 1 aromatic heterocycles. The van der Waals surface area contributed by atoms with Gasteiger partial charge in [0.15, 0.2) is 0 Å². The maximum atomic E-state index is 5.36. The minimum atomic E-state index is 0. The fourth-order valence-corrected chi connectivity index (χ4v) is 1.32. The van der Waals surface area contributed by atoms with Gasteiger partial charge in [-0.25, -0.2) is 10.0 Å². The average molecular weight is 287 g/mol. The third-order valence-corrected chi connectivity index (χ3v) is 2.08. The summed E-state index contributed by atoms with van der Waals surface area (Å²) in [6, 6.07) is 3.79. The molecule has 0 aliphatic carbocycles. The van der Waals surface area contributed by atoms with Gasteiger partial charge in [0.05, 0.1) is 12.8 Å². The molecule has 0 saturated carbocycles. The summed E-state index contributed by atoms with van der Waals surface area (Å²) >= 11 is 0. The molecule has 2 rings (SSSR count). The van der Waals surface area contributed by atoms with Gasteiger partial charge < -0.3 is 9.73 Å². The van der Waals surface area contributed by atoms with E-state index in [2.05, 4.69) is 15.4 Å². The lowest BCUT2D eigenvalue weighted by Gasteiger charge is -2.11. The zero-order valence-corrected chi connectivity index (χ0v) is 11.0. The standard InChI is InChI=1S/C10H14N4O.BrH/c1-8-3-4-9(15-8)7-13-14(2)10-11-5-6-12-10;/h3-4,7H,5-6H2,1-2H3,(H,11,12);1H/b13-7+;. The molecule has 1 aliphatic heterocycles. The zero-order valence-electron chi connectivity index (χ0n) is 9.30. The number of halogens is 1. The van der Waals surface area contributed by atoms with Gasteiger partial charge in [0.2, 0.25) is 5.96 Å². The van der Waals surface area contributed by atoms with Crippen LogP contribution in [0.2, 0.25) is 0 Å². The topological polar surface area (TPSA) is 53.1 Å². The van der Waals surface area contributed by atoms with Crippen molar-refractivity contribution < 1.29 is 4.42 Å². The Morgan fingerprint density at radius 3 is 2.94 bits per heavy atom. The number of furan rings is 1. The average Bonchev–Trinajstić information content (AvgIpc) is 2.84. The van der Waals surface area contributed by atoms with Crippen LogP contribution in [0.15, 0.2) is 26.6 Å². The van der Waals surface area contributed by atoms with Gasteiger partial charge in [-0.15, -0.1) is 17.0 Å². The van der Waals surface area contributed by atoms with Gasteiger partial charge in [0, 0.05) is 13.6 Å². The van der Waals surface area contributed by atoms with Crippen LogP contribution in [0.4, 0.5) is 0 Å². The Morgan fingerprint density at radius 2 is 2.38 bits per heavy atom. The number of aliphatic imine (C=N–C) groups is 1. The molecule has 0 spiro atoms. The molecule has 0 amide bonds. The number of aryl methyl sites for hydroxylation is 1. The SMILES string of the molecule is Br.Cc1ccc(/C=N/N(C)C2=NCCN2)o1. The summed E-state index contributed by atoms with van der Waals surface area (Å²) in [6.45, 7) is 3.60. The van der Waals surface area contributed by atoms with Crippen LogP contribution in [0, 0.1) is 6.92 Å². The Labute approximate surface area is 105 Å². The number of nitrogens with zero attached hydrogens (tertiary/aromatic N) is 3. The van der Waals surface area contributed by atoms with Crippen LogP contribution in [-0.2, 0) is 0 Å². The van der Waals surface area contributed by atoms with Crippen LogP contribution in [0.25, 0.3) is 0 Å². The van der Waals surface area contributed by atoms with Gasteiger partial charge in [-0.05, 0) is 19.1 Å². The van der Waals surface area contributed by atoms with E-state index in [1.165, 1.54) is 0 Å². The Balaban J connectivity index is 0.00000128. The van der Waals surface area contributed by atoms with Crippen molar-refractivity contribution in [1.29, 1.82) is 0 Å². The van der Waals surface area contributed by atoms with Crippen molar-refractivity contribution in [3.8, 4) is 0 Å². The summed E-state index contributed by atoms with van der Waals surface area (Å²) in [5, 5.41) is 9.04. The molecule has 1 N–H and O–H groups in total. The maximum absolute atomic E-state index is 5.36. The molecule has 1 aromatic rings. The molecule has 0 fully saturated rings. The first-order chi connectivity index (χ1) is 7.25. The highest BCUT2D eigenvalue weighted by Gasteiger charge is 2.08. The molecule has 16 heavy (non-hydrogen) atoms. The van der Waals surface area contributed by atoms with Crippen molar-refractivity contribution in [1.82, 2.24) is 10.3 Å². The molecule has 6 heteroatoms. The quantitative estimate of drug-likeness (QED) is 0.660. The van der Waals surface area contributed by atoms with Gasteiger partial charge in [-0.1, -0.05) is 0 Å². The molecule has 5 nitrogen and oxygen atoms in total. The molecule has 0 saturated heterocycles. The largest absolute Gasteiger partial charge is 0.460 e. The first kappa shape index (κ1) is 12.8. The van der Waals surface area contributed by atoms with Gasteiger partial charge >= 0.3 is 0 Å². The van der Waals surface area contributed by atoms with Crippen molar-refractivity contribution in [3.05, 3.63) is 23.7 Å². The number of hydrogen-bond donors (Lipinski definition) is 1. The number of nitrogens with one attached hydrogen (secondary N) is 1. The van der Waals surface area contributed by atoms with E-state index in [1.807, 2.05) is 26.1 Å². The van der Waals surface area contributed by atoms with E-state index in [0.717, 1.165) is 30.6 Å². The van der Waals surface area contributed by atoms with Crippen LogP contribution >= 0.6 is 17.0 Å². The summed E-state index contributed by atoms with van der Waals surface area (Å²) in [4.78, 5) is 4.24. The van der Waals surface area contributed by atoms with E-state index in [4.69, 9.17) is 4.42 Å². The van der Waals surface area contributed by atoms with Gasteiger partial charge in [-0.2, -0.15) is 5.10 Å². The maximum Gasteiger partial charge on any atom is 0.214 e. The van der Waals surface area contributed by atoms with Crippen LogP contribution in [0.3, 0.4) is 0 Å². The molecule has 0 bridgehead atoms. The van der Waals surface area contributed by atoms with Crippen LogP contribution < -0.4 is 5.32 Å². The monoisotopic (exact) mass is 286 g/mol. The minimum absolute atomic E-state index is 0. The number of guanidine groups is 1. The van der Waals surface area contributed by atoms with Crippen molar-refractivity contribution >= 4 is 29.2 Å². The summed E-state index contributed by atoms with van der Waals surface area (Å²) < 4.78 is 5.36. The van der Waals surface area contributed by atoms with Crippen LogP contribution in [0.1, 0.15) is 11.5 Å². The first-order valence-corrected chi connectivity index (χ1v) is 4.88. The van der Waals surface area contributed by atoms with Gasteiger partial charge in [-0.3, -0.25) is 0 Å². The number of rotatable bonds is 2. The van der Waals surface area contributed by atoms with E-state index < -0.39 is 0 Å². The third kappa shape index (κ3) is 3.10. The van der Waals surface area contributed by atoms with E-state index in [-0.39, 0.29) is 17.0 Å². The van der Waals surface area contributed by atoms with Crippen molar-refractivity contribution in [2.75, 3.05) is 20.1 Å². The van der Waals surface area contributed by atoms with Crippen LogP contribution in [-0.4, -0.2) is 37.3 Å². The summed E-state index contributed by atoms with van der Waals surface area (Å²) in [6.07, 6.45) is 1.68. The molecule has 1 aliphatic rings.